The number of fused-ring (bicyclic) bond motifs is 1. The number of thiazole rings is 1. The Bertz CT molecular complexity index is 1600. The number of carbonyl (C=O) groups excluding carboxylic acids is 1. The monoisotopic (exact) mass is 566 g/mol. The molecule has 202 valence electrons. The Kier molecular flexibility index (Phi) is 8.01. The van der Waals surface area contributed by atoms with Crippen LogP contribution in [0.3, 0.4) is 0 Å². The molecule has 3 aromatic carbocycles. The first kappa shape index (κ1) is 26.9. The van der Waals surface area contributed by atoms with Gasteiger partial charge in [0.2, 0.25) is 15.2 Å². The van der Waals surface area contributed by atoms with Crippen LogP contribution in [-0.4, -0.2) is 50.0 Å². The molecule has 39 heavy (non-hydrogen) atoms. The van der Waals surface area contributed by atoms with Crippen molar-refractivity contribution in [1.29, 1.82) is 0 Å². The molecule has 0 saturated carbocycles. The standard InChI is InChI=1S/C28H27FN4O4S2/c1-37-23-11-6-20(7-12-23)19-30-33(28-31-25-15-10-22(29)18-26(25)38-28)27(34)21-8-13-24(14-9-21)39(35,36)32-16-4-2-3-5-17-32/h6-15,18-19H,2-5,16-17H2,1H3/b30-19+. The largest absolute Gasteiger partial charge is 0.497 e. The molecule has 1 fully saturated rings. The Hall–Kier alpha value is -3.67. The van der Waals surface area contributed by atoms with Crippen molar-refractivity contribution in [2.24, 2.45) is 5.10 Å². The van der Waals surface area contributed by atoms with Crippen molar-refractivity contribution in [3.05, 3.63) is 83.7 Å². The zero-order valence-corrected chi connectivity index (χ0v) is 22.9. The van der Waals surface area contributed by atoms with E-state index in [4.69, 9.17) is 4.74 Å². The molecule has 2 heterocycles. The number of ether oxygens (including phenoxy) is 1. The van der Waals surface area contributed by atoms with Gasteiger partial charge in [-0.2, -0.15) is 14.4 Å². The molecule has 0 spiro atoms. The van der Waals surface area contributed by atoms with E-state index in [-0.39, 0.29) is 15.6 Å². The van der Waals surface area contributed by atoms with Crippen molar-refractivity contribution in [2.75, 3.05) is 25.2 Å². The van der Waals surface area contributed by atoms with Crippen LogP contribution in [0.4, 0.5) is 9.52 Å². The van der Waals surface area contributed by atoms with E-state index in [9.17, 15) is 17.6 Å². The summed E-state index contributed by atoms with van der Waals surface area (Å²) < 4.78 is 47.4. The topological polar surface area (TPSA) is 92.2 Å². The molecule has 0 bridgehead atoms. The molecule has 1 amide bonds. The van der Waals surface area contributed by atoms with Gasteiger partial charge in [-0.1, -0.05) is 24.2 Å². The van der Waals surface area contributed by atoms with Crippen LogP contribution in [0.15, 0.2) is 76.7 Å². The van der Waals surface area contributed by atoms with Crippen molar-refractivity contribution >= 4 is 48.8 Å². The smallest absolute Gasteiger partial charge is 0.280 e. The van der Waals surface area contributed by atoms with Gasteiger partial charge in [0.1, 0.15) is 11.6 Å². The first-order chi connectivity index (χ1) is 18.8. The quantitative estimate of drug-likeness (QED) is 0.212. The number of hydrazone groups is 1. The molecular formula is C28H27FN4O4S2. The molecule has 0 aliphatic carbocycles. The number of benzene rings is 3. The summed E-state index contributed by atoms with van der Waals surface area (Å²) in [7, 11) is -2.08. The lowest BCUT2D eigenvalue weighted by Gasteiger charge is -2.20. The van der Waals surface area contributed by atoms with E-state index in [1.807, 2.05) is 0 Å². The molecule has 1 saturated heterocycles. The van der Waals surface area contributed by atoms with E-state index in [1.165, 1.54) is 46.9 Å². The second kappa shape index (κ2) is 11.6. The van der Waals surface area contributed by atoms with E-state index in [0.717, 1.165) is 47.6 Å². The zero-order chi connectivity index (χ0) is 27.4. The Labute approximate surface area is 230 Å². The third kappa shape index (κ3) is 6.00. The average Bonchev–Trinajstić information content (AvgIpc) is 3.16. The lowest BCUT2D eigenvalue weighted by Crippen LogP contribution is -2.32. The Morgan fingerprint density at radius 2 is 1.72 bits per heavy atom. The van der Waals surface area contributed by atoms with Crippen LogP contribution in [-0.2, 0) is 10.0 Å². The van der Waals surface area contributed by atoms with Gasteiger partial charge in [0, 0.05) is 18.7 Å². The van der Waals surface area contributed by atoms with Crippen LogP contribution < -0.4 is 9.75 Å². The maximum absolute atomic E-state index is 13.8. The molecule has 5 rings (SSSR count). The van der Waals surface area contributed by atoms with Gasteiger partial charge in [-0.25, -0.2) is 17.8 Å². The summed E-state index contributed by atoms with van der Waals surface area (Å²) in [5.41, 5.74) is 1.49. The normalized spacial score (nSPS) is 14.9. The van der Waals surface area contributed by atoms with Crippen LogP contribution >= 0.6 is 11.3 Å². The van der Waals surface area contributed by atoms with Crippen molar-refractivity contribution in [3.63, 3.8) is 0 Å². The van der Waals surface area contributed by atoms with Gasteiger partial charge >= 0.3 is 0 Å². The third-order valence-electron chi connectivity index (χ3n) is 6.45. The Morgan fingerprint density at radius 3 is 2.38 bits per heavy atom. The van der Waals surface area contributed by atoms with Gasteiger partial charge in [-0.05, 0) is 85.1 Å². The minimum Gasteiger partial charge on any atom is -0.497 e. The first-order valence-electron chi connectivity index (χ1n) is 12.5. The van der Waals surface area contributed by atoms with E-state index in [2.05, 4.69) is 10.1 Å². The highest BCUT2D eigenvalue weighted by atomic mass is 32.2. The molecule has 0 atom stereocenters. The van der Waals surface area contributed by atoms with Crippen molar-refractivity contribution in [1.82, 2.24) is 9.29 Å². The number of aromatic nitrogens is 1. The highest BCUT2D eigenvalue weighted by Gasteiger charge is 2.26. The number of hydrogen-bond donors (Lipinski definition) is 0. The number of rotatable bonds is 7. The molecule has 1 aliphatic rings. The van der Waals surface area contributed by atoms with Crippen LogP contribution in [0.25, 0.3) is 10.2 Å². The summed E-state index contributed by atoms with van der Waals surface area (Å²) >= 11 is 1.13. The molecular weight excluding hydrogens is 539 g/mol. The fourth-order valence-corrected chi connectivity index (χ4v) is 6.77. The predicted molar refractivity (Wildman–Crippen MR) is 151 cm³/mol. The van der Waals surface area contributed by atoms with Gasteiger partial charge < -0.3 is 4.74 Å². The minimum atomic E-state index is -3.65. The van der Waals surface area contributed by atoms with Crippen LogP contribution in [0.2, 0.25) is 0 Å². The van der Waals surface area contributed by atoms with E-state index in [0.29, 0.717) is 29.1 Å². The molecule has 8 nitrogen and oxygen atoms in total. The van der Waals surface area contributed by atoms with Crippen LogP contribution in [0.5, 0.6) is 5.75 Å². The maximum atomic E-state index is 13.8. The number of sulfonamides is 1. The zero-order valence-electron chi connectivity index (χ0n) is 21.3. The fraction of sp³-hybridized carbons (Fsp3) is 0.250. The van der Waals surface area contributed by atoms with Crippen molar-refractivity contribution in [3.8, 4) is 5.75 Å². The summed E-state index contributed by atoms with van der Waals surface area (Å²) in [6.07, 6.45) is 5.23. The Balaban J connectivity index is 1.46. The number of halogens is 1. The number of amides is 1. The summed E-state index contributed by atoms with van der Waals surface area (Å²) in [6.45, 7) is 0.990. The number of carbonyl (C=O) groups is 1. The number of nitrogens with zero attached hydrogens (tertiary/aromatic N) is 4. The molecule has 0 N–H and O–H groups in total. The van der Waals surface area contributed by atoms with Gasteiger partial charge in [0.25, 0.3) is 5.91 Å². The summed E-state index contributed by atoms with van der Waals surface area (Å²) in [6, 6.07) is 17.2. The SMILES string of the molecule is COc1ccc(/C=N/N(C(=O)c2ccc(S(=O)(=O)N3CCCCCC3)cc2)c2nc3ccc(F)cc3s2)cc1. The maximum Gasteiger partial charge on any atom is 0.280 e. The lowest BCUT2D eigenvalue weighted by molar-refractivity contribution is 0.0987. The average molecular weight is 567 g/mol. The number of methoxy groups -OCH3 is 1. The third-order valence-corrected chi connectivity index (χ3v) is 9.36. The van der Waals surface area contributed by atoms with Crippen LogP contribution in [0, 0.1) is 5.82 Å². The lowest BCUT2D eigenvalue weighted by atomic mass is 10.2. The number of hydrogen-bond acceptors (Lipinski definition) is 7. The van der Waals surface area contributed by atoms with E-state index < -0.39 is 21.7 Å². The highest BCUT2D eigenvalue weighted by Crippen LogP contribution is 2.31. The molecule has 1 aromatic heterocycles. The summed E-state index contributed by atoms with van der Waals surface area (Å²) in [5, 5.41) is 5.81. The van der Waals surface area contributed by atoms with Crippen LogP contribution in [0.1, 0.15) is 41.6 Å². The van der Waals surface area contributed by atoms with Gasteiger partial charge in [0.05, 0.1) is 28.4 Å². The fourth-order valence-electron chi connectivity index (χ4n) is 4.30. The molecule has 11 heteroatoms. The first-order valence-corrected chi connectivity index (χ1v) is 14.8. The summed E-state index contributed by atoms with van der Waals surface area (Å²) in [5.74, 6) is -0.222. The number of anilines is 1. The highest BCUT2D eigenvalue weighted by molar-refractivity contribution is 7.89. The molecule has 4 aromatic rings. The van der Waals surface area contributed by atoms with Crippen molar-refractivity contribution in [2.45, 2.75) is 30.6 Å². The van der Waals surface area contributed by atoms with Crippen molar-refractivity contribution < 1.29 is 22.3 Å². The Morgan fingerprint density at radius 1 is 1.03 bits per heavy atom. The molecule has 0 radical (unpaired) electrons. The van der Waals surface area contributed by atoms with E-state index >= 15 is 0 Å². The second-order valence-corrected chi connectivity index (χ2v) is 12.0. The molecule has 1 aliphatic heterocycles. The second-order valence-electron chi connectivity index (χ2n) is 9.09. The van der Waals surface area contributed by atoms with Gasteiger partial charge in [-0.3, -0.25) is 4.79 Å². The summed E-state index contributed by atoms with van der Waals surface area (Å²) in [4.78, 5) is 18.3. The molecule has 0 unspecified atom stereocenters. The van der Waals surface area contributed by atoms with Gasteiger partial charge in [0.15, 0.2) is 0 Å². The van der Waals surface area contributed by atoms with Gasteiger partial charge in [-0.15, -0.1) is 0 Å². The predicted octanol–water partition coefficient (Wildman–Crippen LogP) is 5.69. The minimum absolute atomic E-state index is 0.143. The van der Waals surface area contributed by atoms with E-state index in [1.54, 1.807) is 37.4 Å².